The summed E-state index contributed by atoms with van der Waals surface area (Å²) < 4.78 is 7.36. The summed E-state index contributed by atoms with van der Waals surface area (Å²) in [5.41, 5.74) is 3.46. The van der Waals surface area contributed by atoms with Gasteiger partial charge in [-0.2, -0.15) is 5.10 Å². The van der Waals surface area contributed by atoms with Gasteiger partial charge >= 0.3 is 0 Å². The normalized spacial score (nSPS) is 17.7. The summed E-state index contributed by atoms with van der Waals surface area (Å²) >= 11 is 0. The number of aromatic nitrogens is 3. The van der Waals surface area contributed by atoms with Crippen molar-refractivity contribution in [2.75, 3.05) is 13.7 Å². The standard InChI is InChI=1S/C20H22N4O/c1-25-17-8-9-19(24-13-5-11-22-24)16(14-17)15-23-12-4-7-20(23)18-6-2-3-10-21-18/h2-3,5-6,8-11,13-14,20H,4,7,12,15H2,1H3. The molecular weight excluding hydrogens is 312 g/mol. The number of ether oxygens (including phenoxy) is 1. The molecule has 1 fully saturated rings. The Morgan fingerprint density at radius 3 is 2.88 bits per heavy atom. The van der Waals surface area contributed by atoms with Crippen LogP contribution in [0.15, 0.2) is 61.1 Å². The summed E-state index contributed by atoms with van der Waals surface area (Å²) in [6, 6.07) is 14.7. The van der Waals surface area contributed by atoms with E-state index in [0.29, 0.717) is 6.04 Å². The average Bonchev–Trinajstić information content (AvgIpc) is 3.34. The third-order valence-corrected chi connectivity index (χ3v) is 4.80. The number of hydrogen-bond donors (Lipinski definition) is 0. The Bertz CT molecular complexity index is 817. The molecule has 25 heavy (non-hydrogen) atoms. The minimum atomic E-state index is 0.373. The second kappa shape index (κ2) is 7.07. The van der Waals surface area contributed by atoms with E-state index in [9.17, 15) is 0 Å². The number of nitrogens with zero attached hydrogens (tertiary/aromatic N) is 4. The van der Waals surface area contributed by atoms with E-state index in [0.717, 1.165) is 36.6 Å². The zero-order valence-electron chi connectivity index (χ0n) is 14.4. The summed E-state index contributed by atoms with van der Waals surface area (Å²) in [4.78, 5) is 7.08. The van der Waals surface area contributed by atoms with Crippen molar-refractivity contribution >= 4 is 0 Å². The second-order valence-electron chi connectivity index (χ2n) is 6.33. The Morgan fingerprint density at radius 2 is 2.12 bits per heavy atom. The van der Waals surface area contributed by atoms with Gasteiger partial charge in [-0.25, -0.2) is 4.68 Å². The van der Waals surface area contributed by atoms with Gasteiger partial charge in [0.05, 0.1) is 24.5 Å². The summed E-state index contributed by atoms with van der Waals surface area (Å²) in [6.07, 6.45) is 8.01. The van der Waals surface area contributed by atoms with E-state index in [-0.39, 0.29) is 0 Å². The van der Waals surface area contributed by atoms with Crippen molar-refractivity contribution in [3.63, 3.8) is 0 Å². The first-order chi connectivity index (χ1) is 12.3. The van der Waals surface area contributed by atoms with Gasteiger partial charge in [-0.3, -0.25) is 9.88 Å². The van der Waals surface area contributed by atoms with Crippen LogP contribution in [-0.4, -0.2) is 33.3 Å². The van der Waals surface area contributed by atoms with E-state index < -0.39 is 0 Å². The molecule has 3 aromatic rings. The first-order valence-electron chi connectivity index (χ1n) is 8.67. The molecule has 0 bridgehead atoms. The number of hydrogen-bond acceptors (Lipinski definition) is 4. The van der Waals surface area contributed by atoms with E-state index in [1.165, 1.54) is 12.0 Å². The highest BCUT2D eigenvalue weighted by molar-refractivity contribution is 5.45. The van der Waals surface area contributed by atoms with E-state index in [1.54, 1.807) is 13.3 Å². The zero-order valence-corrected chi connectivity index (χ0v) is 14.4. The van der Waals surface area contributed by atoms with Crippen LogP contribution in [0, 0.1) is 0 Å². The molecule has 0 spiro atoms. The maximum atomic E-state index is 5.44. The van der Waals surface area contributed by atoms with E-state index in [4.69, 9.17) is 4.74 Å². The molecule has 1 aliphatic rings. The molecule has 4 rings (SSSR count). The van der Waals surface area contributed by atoms with Gasteiger partial charge in [0.15, 0.2) is 0 Å². The van der Waals surface area contributed by atoms with Crippen molar-refractivity contribution in [3.8, 4) is 11.4 Å². The molecule has 0 amide bonds. The topological polar surface area (TPSA) is 43.2 Å². The molecule has 0 radical (unpaired) electrons. The third-order valence-electron chi connectivity index (χ3n) is 4.80. The zero-order chi connectivity index (χ0) is 17.1. The maximum Gasteiger partial charge on any atom is 0.119 e. The van der Waals surface area contributed by atoms with Crippen LogP contribution in [0.1, 0.15) is 30.1 Å². The van der Waals surface area contributed by atoms with Crippen molar-refractivity contribution in [2.45, 2.75) is 25.4 Å². The Hall–Kier alpha value is -2.66. The van der Waals surface area contributed by atoms with Crippen molar-refractivity contribution in [1.82, 2.24) is 19.7 Å². The first-order valence-corrected chi connectivity index (χ1v) is 8.67. The lowest BCUT2D eigenvalue weighted by Gasteiger charge is -2.25. The maximum absolute atomic E-state index is 5.44. The molecule has 3 heterocycles. The molecule has 0 saturated carbocycles. The van der Waals surface area contributed by atoms with Crippen molar-refractivity contribution in [2.24, 2.45) is 0 Å². The first kappa shape index (κ1) is 15.8. The molecular formula is C20H22N4O. The van der Waals surface area contributed by atoms with Crippen LogP contribution in [0.4, 0.5) is 0 Å². The van der Waals surface area contributed by atoms with Crippen LogP contribution in [0.3, 0.4) is 0 Å². The Balaban J connectivity index is 1.65. The van der Waals surface area contributed by atoms with Gasteiger partial charge in [-0.05, 0) is 61.3 Å². The monoisotopic (exact) mass is 334 g/mol. The molecule has 1 unspecified atom stereocenters. The van der Waals surface area contributed by atoms with Crippen LogP contribution in [0.2, 0.25) is 0 Å². The van der Waals surface area contributed by atoms with Crippen molar-refractivity contribution in [3.05, 3.63) is 72.3 Å². The highest BCUT2D eigenvalue weighted by atomic mass is 16.5. The van der Waals surface area contributed by atoms with Crippen LogP contribution in [0.25, 0.3) is 5.69 Å². The van der Waals surface area contributed by atoms with Crippen LogP contribution >= 0.6 is 0 Å². The molecule has 1 saturated heterocycles. The summed E-state index contributed by atoms with van der Waals surface area (Å²) in [7, 11) is 1.71. The highest BCUT2D eigenvalue weighted by Crippen LogP contribution is 2.33. The smallest absolute Gasteiger partial charge is 0.119 e. The van der Waals surface area contributed by atoms with Gasteiger partial charge in [0, 0.05) is 25.1 Å². The van der Waals surface area contributed by atoms with Gasteiger partial charge in [0.2, 0.25) is 0 Å². The third kappa shape index (κ3) is 3.28. The van der Waals surface area contributed by atoms with Crippen molar-refractivity contribution in [1.29, 1.82) is 0 Å². The number of likely N-dealkylation sites (tertiary alicyclic amines) is 1. The number of pyridine rings is 1. The Labute approximate surface area is 147 Å². The molecule has 5 heteroatoms. The lowest BCUT2D eigenvalue weighted by atomic mass is 10.1. The van der Waals surface area contributed by atoms with Gasteiger partial charge in [-0.1, -0.05) is 6.07 Å². The van der Waals surface area contributed by atoms with Gasteiger partial charge in [-0.15, -0.1) is 0 Å². The highest BCUT2D eigenvalue weighted by Gasteiger charge is 2.27. The van der Waals surface area contributed by atoms with Crippen molar-refractivity contribution < 1.29 is 4.74 Å². The minimum Gasteiger partial charge on any atom is -0.497 e. The molecule has 1 aliphatic heterocycles. The Kier molecular flexibility index (Phi) is 4.48. The van der Waals surface area contributed by atoms with Crippen LogP contribution < -0.4 is 4.74 Å². The molecule has 5 nitrogen and oxygen atoms in total. The second-order valence-corrected chi connectivity index (χ2v) is 6.33. The molecule has 0 aliphatic carbocycles. The summed E-state index contributed by atoms with van der Waals surface area (Å²) in [6.45, 7) is 1.94. The van der Waals surface area contributed by atoms with Crippen LogP contribution in [0.5, 0.6) is 5.75 Å². The number of methoxy groups -OCH3 is 1. The average molecular weight is 334 g/mol. The quantitative estimate of drug-likeness (QED) is 0.715. The summed E-state index contributed by atoms with van der Waals surface area (Å²) in [5, 5.41) is 4.40. The number of rotatable bonds is 5. The van der Waals surface area contributed by atoms with E-state index >= 15 is 0 Å². The lowest BCUT2D eigenvalue weighted by Crippen LogP contribution is -2.24. The van der Waals surface area contributed by atoms with Crippen LogP contribution in [-0.2, 0) is 6.54 Å². The fourth-order valence-electron chi connectivity index (χ4n) is 3.59. The molecule has 0 N–H and O–H groups in total. The van der Waals surface area contributed by atoms with E-state index in [1.807, 2.05) is 35.3 Å². The van der Waals surface area contributed by atoms with Gasteiger partial charge < -0.3 is 4.74 Å². The molecule has 128 valence electrons. The van der Waals surface area contributed by atoms with E-state index in [2.05, 4.69) is 39.2 Å². The van der Waals surface area contributed by atoms with Gasteiger partial charge in [0.25, 0.3) is 0 Å². The fraction of sp³-hybridized carbons (Fsp3) is 0.300. The van der Waals surface area contributed by atoms with Gasteiger partial charge in [0.1, 0.15) is 5.75 Å². The SMILES string of the molecule is COc1ccc(-n2cccn2)c(CN2CCCC2c2ccccn2)c1. The largest absolute Gasteiger partial charge is 0.497 e. The lowest BCUT2D eigenvalue weighted by molar-refractivity contribution is 0.244. The predicted octanol–water partition coefficient (Wildman–Crippen LogP) is 3.61. The molecule has 1 atom stereocenters. The number of benzene rings is 1. The molecule has 1 aromatic carbocycles. The predicted molar refractivity (Wildman–Crippen MR) is 96.7 cm³/mol. The fourth-order valence-corrected chi connectivity index (χ4v) is 3.59. The minimum absolute atomic E-state index is 0.373. The summed E-state index contributed by atoms with van der Waals surface area (Å²) in [5.74, 6) is 0.875. The molecule has 2 aromatic heterocycles. The Morgan fingerprint density at radius 1 is 1.16 bits per heavy atom.